The van der Waals surface area contributed by atoms with E-state index in [9.17, 15) is 9.90 Å². The average molecular weight is 443 g/mol. The van der Waals surface area contributed by atoms with Gasteiger partial charge >= 0.3 is 6.09 Å². The molecule has 1 unspecified atom stereocenters. The molecule has 2 aromatic carbocycles. The molecule has 26 heavy (non-hydrogen) atoms. The largest absolute Gasteiger partial charge is 0.450 e. The van der Waals surface area contributed by atoms with E-state index >= 15 is 0 Å². The molecule has 0 aliphatic rings. The van der Waals surface area contributed by atoms with Gasteiger partial charge in [-0.05, 0) is 48.2 Å². The first-order valence-corrected chi connectivity index (χ1v) is 9.66. The van der Waals surface area contributed by atoms with Crippen LogP contribution in [-0.4, -0.2) is 24.4 Å². The number of primary amides is 1. The molecule has 1 amide bonds. The number of hydrogen-bond donors (Lipinski definition) is 2. The molecule has 0 spiro atoms. The summed E-state index contributed by atoms with van der Waals surface area (Å²) >= 11 is 9.32. The molecule has 3 N–H and O–H groups in total. The number of aliphatic hydroxyl groups excluding tert-OH is 1. The van der Waals surface area contributed by atoms with Crippen molar-refractivity contribution < 1.29 is 14.6 Å². The Labute approximate surface area is 168 Å². The number of carbonyl (C=O) groups excluding carboxylic acids is 1. The van der Waals surface area contributed by atoms with Crippen LogP contribution in [0.4, 0.5) is 4.79 Å². The number of rotatable bonds is 7. The molecule has 6 heteroatoms. The van der Waals surface area contributed by atoms with Crippen LogP contribution >= 0.6 is 27.5 Å². The van der Waals surface area contributed by atoms with Gasteiger partial charge in [-0.3, -0.25) is 0 Å². The number of ether oxygens (including phenoxy) is 1. The van der Waals surface area contributed by atoms with Crippen LogP contribution in [0.2, 0.25) is 5.02 Å². The van der Waals surface area contributed by atoms with Gasteiger partial charge in [-0.1, -0.05) is 65.1 Å². The summed E-state index contributed by atoms with van der Waals surface area (Å²) in [4.78, 5) is 9.87. The van der Waals surface area contributed by atoms with E-state index < -0.39 is 6.09 Å². The van der Waals surface area contributed by atoms with Crippen molar-refractivity contribution in [2.45, 2.75) is 32.1 Å². The lowest BCUT2D eigenvalue weighted by Crippen LogP contribution is -2.13. The fraction of sp³-hybridized carbons (Fsp3) is 0.350. The van der Waals surface area contributed by atoms with E-state index in [-0.39, 0.29) is 12.5 Å². The second-order valence-electron chi connectivity index (χ2n) is 5.79. The van der Waals surface area contributed by atoms with Gasteiger partial charge in [-0.15, -0.1) is 0 Å². The molecule has 0 saturated carbocycles. The van der Waals surface area contributed by atoms with Gasteiger partial charge in [0.05, 0.1) is 13.2 Å². The Morgan fingerprint density at radius 2 is 1.96 bits per heavy atom. The molecule has 0 saturated heterocycles. The number of aliphatic hydroxyl groups is 1. The number of unbranched alkanes of at least 4 members (excludes halogenated alkanes) is 1. The van der Waals surface area contributed by atoms with Crippen molar-refractivity contribution >= 4 is 33.6 Å². The summed E-state index contributed by atoms with van der Waals surface area (Å²) in [6, 6.07) is 15.8. The van der Waals surface area contributed by atoms with Crippen LogP contribution in [0.5, 0.6) is 0 Å². The normalized spacial score (nSPS) is 11.2. The van der Waals surface area contributed by atoms with Crippen LogP contribution < -0.4 is 5.73 Å². The van der Waals surface area contributed by atoms with E-state index in [0.717, 1.165) is 34.3 Å². The lowest BCUT2D eigenvalue weighted by Gasteiger charge is -2.15. The van der Waals surface area contributed by atoms with E-state index in [1.54, 1.807) is 0 Å². The highest BCUT2D eigenvalue weighted by atomic mass is 79.9. The topological polar surface area (TPSA) is 72.5 Å². The van der Waals surface area contributed by atoms with Crippen molar-refractivity contribution in [1.29, 1.82) is 0 Å². The van der Waals surface area contributed by atoms with Crippen molar-refractivity contribution in [3.05, 3.63) is 69.2 Å². The minimum absolute atomic E-state index is 0.115. The Hall–Kier alpha value is -1.56. The molecule has 2 aromatic rings. The van der Waals surface area contributed by atoms with Crippen LogP contribution in [0.15, 0.2) is 53.0 Å². The van der Waals surface area contributed by atoms with E-state index in [1.165, 1.54) is 5.56 Å². The molecule has 0 aliphatic heterocycles. The summed E-state index contributed by atoms with van der Waals surface area (Å²) in [6.07, 6.45) is 2.04. The van der Waals surface area contributed by atoms with Crippen molar-refractivity contribution in [3.8, 4) is 0 Å². The summed E-state index contributed by atoms with van der Waals surface area (Å²) in [5.41, 5.74) is 6.99. The van der Waals surface area contributed by atoms with Crippen molar-refractivity contribution in [2.24, 2.45) is 5.73 Å². The van der Waals surface area contributed by atoms with Gasteiger partial charge in [0.25, 0.3) is 0 Å². The number of amides is 1. The third-order valence-electron chi connectivity index (χ3n) is 3.68. The molecule has 0 bridgehead atoms. The fourth-order valence-corrected chi connectivity index (χ4v) is 2.81. The van der Waals surface area contributed by atoms with Crippen molar-refractivity contribution in [1.82, 2.24) is 0 Å². The van der Waals surface area contributed by atoms with Gasteiger partial charge in [0.2, 0.25) is 0 Å². The van der Waals surface area contributed by atoms with Gasteiger partial charge in [0, 0.05) is 15.4 Å². The molecule has 0 fully saturated rings. The first-order chi connectivity index (χ1) is 12.5. The van der Waals surface area contributed by atoms with Crippen molar-refractivity contribution in [3.63, 3.8) is 0 Å². The van der Waals surface area contributed by atoms with Crippen LogP contribution in [-0.2, 0) is 11.2 Å². The Morgan fingerprint density at radius 3 is 2.50 bits per heavy atom. The fourth-order valence-electron chi connectivity index (χ4n) is 2.27. The maximum atomic E-state index is 9.87. The highest BCUT2D eigenvalue weighted by Crippen LogP contribution is 2.24. The Morgan fingerprint density at radius 1 is 1.27 bits per heavy atom. The zero-order chi connectivity index (χ0) is 19.4. The van der Waals surface area contributed by atoms with E-state index in [1.807, 2.05) is 49.4 Å². The van der Waals surface area contributed by atoms with E-state index in [4.69, 9.17) is 11.6 Å². The number of carbonyl (C=O) groups is 1. The molecule has 2 rings (SSSR count). The van der Waals surface area contributed by atoms with Gasteiger partial charge in [-0.25, -0.2) is 4.79 Å². The lowest BCUT2D eigenvalue weighted by molar-refractivity contribution is 0.155. The molecule has 0 aromatic heterocycles. The first-order valence-electron chi connectivity index (χ1n) is 8.49. The molecule has 142 valence electrons. The lowest BCUT2D eigenvalue weighted by atomic mass is 9.93. The summed E-state index contributed by atoms with van der Waals surface area (Å²) in [7, 11) is 0. The second-order valence-corrected chi connectivity index (χ2v) is 7.14. The van der Waals surface area contributed by atoms with Gasteiger partial charge in [-0.2, -0.15) is 0 Å². The molecular weight excluding hydrogens is 418 g/mol. The smallest absolute Gasteiger partial charge is 0.404 e. The first kappa shape index (κ1) is 22.5. The second kappa shape index (κ2) is 12.7. The predicted octanol–water partition coefficient (Wildman–Crippen LogP) is 5.30. The maximum Gasteiger partial charge on any atom is 0.404 e. The zero-order valence-corrected chi connectivity index (χ0v) is 17.2. The van der Waals surface area contributed by atoms with E-state index in [0.29, 0.717) is 6.61 Å². The SMILES string of the molecule is CCCCOC(N)=O.OCC(Cc1ccc(Cl)cc1)c1cccc(Br)c1. The molecule has 0 heterocycles. The van der Waals surface area contributed by atoms with Crippen LogP contribution in [0.25, 0.3) is 0 Å². The molecule has 4 nitrogen and oxygen atoms in total. The Kier molecular flexibility index (Phi) is 11.0. The Bertz CT molecular complexity index is 664. The molecule has 0 radical (unpaired) electrons. The average Bonchev–Trinajstić information content (AvgIpc) is 2.62. The minimum atomic E-state index is -0.682. The molecular formula is C20H25BrClNO3. The third-order valence-corrected chi connectivity index (χ3v) is 4.42. The van der Waals surface area contributed by atoms with Crippen LogP contribution in [0, 0.1) is 0 Å². The highest BCUT2D eigenvalue weighted by Gasteiger charge is 2.11. The van der Waals surface area contributed by atoms with Gasteiger partial charge in [0.15, 0.2) is 0 Å². The summed E-state index contributed by atoms with van der Waals surface area (Å²) in [5.74, 6) is 0.115. The van der Waals surface area contributed by atoms with Crippen LogP contribution in [0.1, 0.15) is 36.8 Å². The minimum Gasteiger partial charge on any atom is -0.450 e. The van der Waals surface area contributed by atoms with E-state index in [2.05, 4.69) is 32.5 Å². The van der Waals surface area contributed by atoms with Crippen LogP contribution in [0.3, 0.4) is 0 Å². The molecule has 1 atom stereocenters. The number of halogens is 2. The predicted molar refractivity (Wildman–Crippen MR) is 110 cm³/mol. The number of nitrogens with two attached hydrogens (primary N) is 1. The quantitative estimate of drug-likeness (QED) is 0.571. The zero-order valence-electron chi connectivity index (χ0n) is 14.8. The number of hydrogen-bond acceptors (Lipinski definition) is 3. The number of benzene rings is 2. The Balaban J connectivity index is 0.000000359. The maximum absolute atomic E-state index is 9.87. The van der Waals surface area contributed by atoms with Crippen molar-refractivity contribution in [2.75, 3.05) is 13.2 Å². The summed E-state index contributed by atoms with van der Waals surface area (Å²) in [6.45, 7) is 2.61. The summed E-state index contributed by atoms with van der Waals surface area (Å²) in [5, 5.41) is 10.3. The van der Waals surface area contributed by atoms with Gasteiger partial charge < -0.3 is 15.6 Å². The standard InChI is InChI=1S/C15H14BrClO.C5H11NO2/c16-14-3-1-2-12(9-14)13(10-18)8-11-4-6-15(17)7-5-11;1-2-3-4-8-5(6)7/h1-7,9,13,18H,8,10H2;2-4H2,1H3,(H2,6,7). The summed E-state index contributed by atoms with van der Waals surface area (Å²) < 4.78 is 5.46. The highest BCUT2D eigenvalue weighted by molar-refractivity contribution is 9.10. The third kappa shape index (κ3) is 9.22. The molecule has 0 aliphatic carbocycles. The van der Waals surface area contributed by atoms with Gasteiger partial charge in [0.1, 0.15) is 0 Å². The monoisotopic (exact) mass is 441 g/mol.